The number of benzene rings is 1. The first-order chi connectivity index (χ1) is 16.6. The number of nitrogens with one attached hydrogen (secondary N) is 2. The second-order valence-corrected chi connectivity index (χ2v) is 8.84. The van der Waals surface area contributed by atoms with E-state index in [4.69, 9.17) is 10.00 Å². The Morgan fingerprint density at radius 3 is 2.74 bits per heavy atom. The number of ether oxygens (including phenoxy) is 1. The molecule has 0 bridgehead atoms. The van der Waals surface area contributed by atoms with Gasteiger partial charge in [0.1, 0.15) is 11.8 Å². The molecule has 2 heterocycles. The van der Waals surface area contributed by atoms with Gasteiger partial charge in [0.05, 0.1) is 31.1 Å². The van der Waals surface area contributed by atoms with Crippen LogP contribution in [0.2, 0.25) is 0 Å². The average molecular weight is 466 g/mol. The molecular formula is C25H31N5O4. The number of allylic oxidation sites excluding steroid dienone is 2. The first-order valence-electron chi connectivity index (χ1n) is 11.8. The molecule has 1 aliphatic carbocycles. The van der Waals surface area contributed by atoms with Gasteiger partial charge < -0.3 is 14.9 Å². The van der Waals surface area contributed by atoms with Gasteiger partial charge in [0, 0.05) is 5.56 Å². The number of aromatic amines is 1. The predicted octanol–water partition coefficient (Wildman–Crippen LogP) is 3.38. The summed E-state index contributed by atoms with van der Waals surface area (Å²) in [6, 6.07) is 7.86. The van der Waals surface area contributed by atoms with Crippen molar-refractivity contribution in [3.8, 4) is 12.1 Å². The van der Waals surface area contributed by atoms with Crippen LogP contribution in [0.5, 0.6) is 6.01 Å². The number of nitriles is 1. The number of piperidine rings is 1. The van der Waals surface area contributed by atoms with E-state index in [2.05, 4.69) is 38.4 Å². The van der Waals surface area contributed by atoms with Crippen molar-refractivity contribution in [1.29, 1.82) is 5.26 Å². The zero-order valence-electron chi connectivity index (χ0n) is 19.2. The summed E-state index contributed by atoms with van der Waals surface area (Å²) in [5, 5.41) is 30.7. The van der Waals surface area contributed by atoms with E-state index in [-0.39, 0.29) is 31.0 Å². The lowest BCUT2D eigenvalue weighted by Crippen LogP contribution is -2.44. The van der Waals surface area contributed by atoms with Crippen molar-refractivity contribution >= 4 is 17.4 Å². The zero-order chi connectivity index (χ0) is 23.9. The Hall–Kier alpha value is -3.19. The van der Waals surface area contributed by atoms with Crippen molar-refractivity contribution in [2.24, 2.45) is 0 Å². The number of carbonyl (C=O) groups is 1. The maximum absolute atomic E-state index is 12.5. The Balaban J connectivity index is 1.50. The molecule has 2 aliphatic rings. The summed E-state index contributed by atoms with van der Waals surface area (Å²) in [7, 11) is 0. The maximum Gasteiger partial charge on any atom is 0.419 e. The van der Waals surface area contributed by atoms with Crippen molar-refractivity contribution in [1.82, 2.24) is 14.9 Å². The Labute approximate surface area is 199 Å². The van der Waals surface area contributed by atoms with E-state index >= 15 is 0 Å². The zero-order valence-corrected chi connectivity index (χ0v) is 19.2. The highest BCUT2D eigenvalue weighted by atomic mass is 16.6. The number of hydrogen-bond acceptors (Lipinski definition) is 7. The molecule has 4 rings (SSSR count). The molecule has 0 spiro atoms. The number of aromatic nitrogens is 2. The first kappa shape index (κ1) is 24.0. The highest BCUT2D eigenvalue weighted by Gasteiger charge is 2.26. The van der Waals surface area contributed by atoms with Crippen LogP contribution in [0.3, 0.4) is 0 Å². The lowest BCUT2D eigenvalue weighted by atomic mass is 9.85. The normalized spacial score (nSPS) is 17.3. The molecule has 1 saturated heterocycles. The van der Waals surface area contributed by atoms with E-state index in [1.165, 1.54) is 23.8 Å². The number of likely N-dealkylation sites (tertiary alicyclic amines) is 1. The van der Waals surface area contributed by atoms with Gasteiger partial charge in [-0.1, -0.05) is 12.1 Å². The fourth-order valence-corrected chi connectivity index (χ4v) is 4.79. The van der Waals surface area contributed by atoms with Crippen LogP contribution in [0.15, 0.2) is 30.5 Å². The highest BCUT2D eigenvalue weighted by Crippen LogP contribution is 2.36. The number of aliphatic hydroxyl groups excluding tert-OH is 2. The lowest BCUT2D eigenvalue weighted by Gasteiger charge is -2.36. The fraction of sp³-hybridized carbons (Fsp3) is 0.480. The summed E-state index contributed by atoms with van der Waals surface area (Å²) in [6.45, 7) is 1.58. The lowest BCUT2D eigenvalue weighted by molar-refractivity contribution is 0.0570. The molecule has 2 aromatic rings. The van der Waals surface area contributed by atoms with Gasteiger partial charge in [-0.2, -0.15) is 5.26 Å². The summed E-state index contributed by atoms with van der Waals surface area (Å²) < 4.78 is 5.21. The van der Waals surface area contributed by atoms with Gasteiger partial charge in [-0.05, 0) is 80.8 Å². The minimum absolute atomic E-state index is 0.0278. The molecule has 1 fully saturated rings. The fourth-order valence-electron chi connectivity index (χ4n) is 4.79. The van der Waals surface area contributed by atoms with E-state index in [1.54, 1.807) is 0 Å². The average Bonchev–Trinajstić information content (AvgIpc) is 3.33. The van der Waals surface area contributed by atoms with Gasteiger partial charge in [0.15, 0.2) is 0 Å². The quantitative estimate of drug-likeness (QED) is 0.492. The van der Waals surface area contributed by atoms with Crippen LogP contribution in [-0.4, -0.2) is 63.5 Å². The molecule has 1 aromatic heterocycles. The van der Waals surface area contributed by atoms with Crippen LogP contribution in [0.4, 0.5) is 10.5 Å². The van der Waals surface area contributed by atoms with Crippen LogP contribution < -0.4 is 10.1 Å². The Bertz CT molecular complexity index is 1060. The van der Waals surface area contributed by atoms with Gasteiger partial charge >= 0.3 is 12.1 Å². The first-order valence-corrected chi connectivity index (χ1v) is 11.8. The van der Waals surface area contributed by atoms with Crippen molar-refractivity contribution in [2.75, 3.05) is 31.6 Å². The van der Waals surface area contributed by atoms with Gasteiger partial charge in [-0.25, -0.2) is 9.78 Å². The molecule has 0 atom stereocenters. The Morgan fingerprint density at radius 1 is 1.29 bits per heavy atom. The van der Waals surface area contributed by atoms with E-state index in [1.807, 2.05) is 12.1 Å². The van der Waals surface area contributed by atoms with Gasteiger partial charge in [0.25, 0.3) is 0 Å². The predicted molar refractivity (Wildman–Crippen MR) is 127 cm³/mol. The molecule has 1 aliphatic heterocycles. The van der Waals surface area contributed by atoms with Crippen LogP contribution in [-0.2, 0) is 0 Å². The van der Waals surface area contributed by atoms with Gasteiger partial charge in [0.2, 0.25) is 0 Å². The molecular weight excluding hydrogens is 434 g/mol. The van der Waals surface area contributed by atoms with Crippen molar-refractivity contribution in [3.05, 3.63) is 47.3 Å². The number of rotatable bonds is 7. The molecule has 1 aromatic carbocycles. The summed E-state index contributed by atoms with van der Waals surface area (Å²) >= 11 is 0. The number of H-pyrrole nitrogens is 1. The molecule has 34 heavy (non-hydrogen) atoms. The van der Waals surface area contributed by atoms with Crippen molar-refractivity contribution < 1.29 is 19.7 Å². The van der Waals surface area contributed by atoms with E-state index in [0.29, 0.717) is 11.6 Å². The molecule has 0 unspecified atom stereocenters. The molecule has 1 amide bonds. The second kappa shape index (κ2) is 11.3. The van der Waals surface area contributed by atoms with Crippen LogP contribution in [0, 0.1) is 11.3 Å². The molecule has 9 heteroatoms. The minimum atomic E-state index is -0.670. The highest BCUT2D eigenvalue weighted by molar-refractivity contribution is 5.91. The summed E-state index contributed by atoms with van der Waals surface area (Å²) in [5.74, 6) is 0.380. The number of nitrogens with zero attached hydrogens (tertiary/aromatic N) is 3. The monoisotopic (exact) mass is 465 g/mol. The number of aliphatic hydroxyl groups is 2. The Kier molecular flexibility index (Phi) is 7.95. The standard InChI is InChI=1S/C25H31N5O4/c26-13-20-14-27-24(28-20)34-25(33)29-23-7-6-19(12-22(23)18-4-2-1-3-5-18)17-8-10-30(11-9-17)21(15-31)16-32/h4,6-7,12,14,17,21,31-32H,1-3,5,8-11,15-16H2,(H,27,28)(H,29,33). The van der Waals surface area contributed by atoms with Crippen molar-refractivity contribution in [3.63, 3.8) is 0 Å². The summed E-state index contributed by atoms with van der Waals surface area (Å²) in [6.07, 6.45) is 9.06. The van der Waals surface area contributed by atoms with E-state index in [9.17, 15) is 15.0 Å². The molecule has 0 radical (unpaired) electrons. The number of amides is 1. The smallest absolute Gasteiger partial charge is 0.395 e. The maximum atomic E-state index is 12.5. The number of hydrogen-bond donors (Lipinski definition) is 4. The molecule has 9 nitrogen and oxygen atoms in total. The third kappa shape index (κ3) is 5.65. The molecule has 180 valence electrons. The number of anilines is 1. The van der Waals surface area contributed by atoms with Crippen LogP contribution >= 0.6 is 0 Å². The van der Waals surface area contributed by atoms with E-state index in [0.717, 1.165) is 50.8 Å². The SMILES string of the molecule is N#Cc1cnc(OC(=O)Nc2ccc(C3CCN(C(CO)CO)CC3)cc2C2=CCCCC2)[nH]1. The minimum Gasteiger partial charge on any atom is -0.395 e. The number of carbonyl (C=O) groups excluding carboxylic acids is 1. The largest absolute Gasteiger partial charge is 0.419 e. The Morgan fingerprint density at radius 2 is 2.09 bits per heavy atom. The van der Waals surface area contributed by atoms with Crippen LogP contribution in [0.25, 0.3) is 5.57 Å². The summed E-state index contributed by atoms with van der Waals surface area (Å²) in [5.41, 5.74) is 4.38. The number of imidazole rings is 1. The van der Waals surface area contributed by atoms with E-state index < -0.39 is 6.09 Å². The van der Waals surface area contributed by atoms with Gasteiger partial charge in [-0.15, -0.1) is 0 Å². The topological polar surface area (TPSA) is 134 Å². The summed E-state index contributed by atoms with van der Waals surface area (Å²) in [4.78, 5) is 21.2. The van der Waals surface area contributed by atoms with Crippen LogP contribution in [0.1, 0.15) is 61.3 Å². The van der Waals surface area contributed by atoms with Gasteiger partial charge in [-0.3, -0.25) is 15.2 Å². The molecule has 4 N–H and O–H groups in total. The third-order valence-corrected chi connectivity index (χ3v) is 6.72. The second-order valence-electron chi connectivity index (χ2n) is 8.84. The molecule has 0 saturated carbocycles. The van der Waals surface area contributed by atoms with Crippen molar-refractivity contribution in [2.45, 2.75) is 50.5 Å². The third-order valence-electron chi connectivity index (χ3n) is 6.72.